The Morgan fingerprint density at radius 1 is 0.885 bits per heavy atom. The van der Waals surface area contributed by atoms with Crippen LogP contribution in [0.5, 0.6) is 11.5 Å². The molecule has 26 heavy (non-hydrogen) atoms. The van der Waals surface area contributed by atoms with E-state index in [2.05, 4.69) is 53.4 Å². The molecule has 132 valence electrons. The van der Waals surface area contributed by atoms with Gasteiger partial charge in [0.15, 0.2) is 0 Å². The molecule has 3 heteroatoms. The fourth-order valence-electron chi connectivity index (χ4n) is 3.78. The van der Waals surface area contributed by atoms with Gasteiger partial charge in [0.25, 0.3) is 0 Å². The second-order valence-electron chi connectivity index (χ2n) is 7.01. The number of fused-ring (bicyclic) bond motifs is 1. The number of hydrogen-bond acceptors (Lipinski definition) is 3. The first-order chi connectivity index (χ1) is 12.6. The zero-order chi connectivity index (χ0) is 18.1. The SMILES string of the molecule is CN(C)c1ccc(C2c3ccc(O)cc3OCC2c2ccccc2)cc1. The van der Waals surface area contributed by atoms with Crippen LogP contribution >= 0.6 is 0 Å². The lowest BCUT2D eigenvalue weighted by Crippen LogP contribution is -2.25. The number of phenols is 1. The third kappa shape index (κ3) is 3.01. The fraction of sp³-hybridized carbons (Fsp3) is 0.217. The molecular weight excluding hydrogens is 322 g/mol. The second-order valence-corrected chi connectivity index (χ2v) is 7.01. The maximum Gasteiger partial charge on any atom is 0.126 e. The van der Waals surface area contributed by atoms with Crippen LogP contribution in [-0.4, -0.2) is 25.8 Å². The van der Waals surface area contributed by atoms with E-state index in [0.717, 1.165) is 11.3 Å². The Morgan fingerprint density at radius 2 is 1.62 bits per heavy atom. The van der Waals surface area contributed by atoms with Crippen LogP contribution in [0, 0.1) is 0 Å². The van der Waals surface area contributed by atoms with E-state index in [0.29, 0.717) is 6.61 Å². The summed E-state index contributed by atoms with van der Waals surface area (Å²) in [6, 6.07) is 24.7. The molecule has 0 fully saturated rings. The molecule has 1 heterocycles. The minimum Gasteiger partial charge on any atom is -0.508 e. The summed E-state index contributed by atoms with van der Waals surface area (Å²) in [5.41, 5.74) is 4.84. The van der Waals surface area contributed by atoms with Crippen molar-refractivity contribution in [2.24, 2.45) is 0 Å². The number of phenolic OH excluding ortho intramolecular Hbond substituents is 1. The van der Waals surface area contributed by atoms with Crippen molar-refractivity contribution in [2.75, 3.05) is 25.6 Å². The number of ether oxygens (including phenoxy) is 1. The van der Waals surface area contributed by atoms with Gasteiger partial charge in [-0.05, 0) is 29.3 Å². The molecule has 0 saturated heterocycles. The van der Waals surface area contributed by atoms with Gasteiger partial charge in [-0.15, -0.1) is 0 Å². The van der Waals surface area contributed by atoms with E-state index in [-0.39, 0.29) is 17.6 Å². The smallest absolute Gasteiger partial charge is 0.126 e. The monoisotopic (exact) mass is 345 g/mol. The van der Waals surface area contributed by atoms with Gasteiger partial charge in [0.05, 0.1) is 6.61 Å². The van der Waals surface area contributed by atoms with Crippen LogP contribution in [0.2, 0.25) is 0 Å². The van der Waals surface area contributed by atoms with Crippen LogP contribution in [0.3, 0.4) is 0 Å². The number of benzene rings is 3. The molecule has 3 aromatic rings. The molecule has 0 aliphatic carbocycles. The van der Waals surface area contributed by atoms with E-state index >= 15 is 0 Å². The molecule has 0 spiro atoms. The van der Waals surface area contributed by atoms with Crippen molar-refractivity contribution in [3.63, 3.8) is 0 Å². The summed E-state index contributed by atoms with van der Waals surface area (Å²) in [5, 5.41) is 9.84. The molecule has 1 aliphatic heterocycles. The summed E-state index contributed by atoms with van der Waals surface area (Å²) in [6.07, 6.45) is 0. The maximum atomic E-state index is 9.84. The van der Waals surface area contributed by atoms with Crippen LogP contribution in [0.15, 0.2) is 72.8 Å². The van der Waals surface area contributed by atoms with E-state index in [1.54, 1.807) is 12.1 Å². The van der Waals surface area contributed by atoms with E-state index in [1.165, 1.54) is 16.8 Å². The van der Waals surface area contributed by atoms with Gasteiger partial charge in [0.2, 0.25) is 0 Å². The predicted molar refractivity (Wildman–Crippen MR) is 105 cm³/mol. The minimum absolute atomic E-state index is 0.193. The summed E-state index contributed by atoms with van der Waals surface area (Å²) in [7, 11) is 4.10. The summed E-state index contributed by atoms with van der Waals surface area (Å²) in [5.74, 6) is 1.44. The molecule has 0 radical (unpaired) electrons. The molecule has 0 saturated carbocycles. The highest BCUT2D eigenvalue weighted by Gasteiger charge is 2.33. The quantitative estimate of drug-likeness (QED) is 0.742. The Morgan fingerprint density at radius 3 is 2.31 bits per heavy atom. The molecule has 0 bridgehead atoms. The average molecular weight is 345 g/mol. The van der Waals surface area contributed by atoms with Crippen molar-refractivity contribution >= 4 is 5.69 Å². The van der Waals surface area contributed by atoms with Crippen molar-refractivity contribution in [1.82, 2.24) is 0 Å². The first kappa shape index (κ1) is 16.5. The van der Waals surface area contributed by atoms with Gasteiger partial charge in [-0.1, -0.05) is 48.5 Å². The average Bonchev–Trinajstić information content (AvgIpc) is 2.67. The molecule has 3 nitrogen and oxygen atoms in total. The molecule has 0 amide bonds. The van der Waals surface area contributed by atoms with Crippen molar-refractivity contribution in [3.8, 4) is 11.5 Å². The van der Waals surface area contributed by atoms with E-state index in [4.69, 9.17) is 4.74 Å². The van der Waals surface area contributed by atoms with Crippen molar-refractivity contribution < 1.29 is 9.84 Å². The van der Waals surface area contributed by atoms with Crippen LogP contribution in [0.25, 0.3) is 0 Å². The van der Waals surface area contributed by atoms with E-state index in [1.807, 2.05) is 26.2 Å². The first-order valence-electron chi connectivity index (χ1n) is 8.91. The normalized spacial score (nSPS) is 18.7. The van der Waals surface area contributed by atoms with Crippen LogP contribution < -0.4 is 9.64 Å². The molecular formula is C23H23NO2. The number of rotatable bonds is 3. The Hall–Kier alpha value is -2.94. The zero-order valence-corrected chi connectivity index (χ0v) is 15.1. The van der Waals surface area contributed by atoms with Gasteiger partial charge >= 0.3 is 0 Å². The molecule has 2 unspecified atom stereocenters. The number of aromatic hydroxyl groups is 1. The first-order valence-corrected chi connectivity index (χ1v) is 8.91. The Balaban J connectivity index is 1.82. The van der Waals surface area contributed by atoms with Crippen molar-refractivity contribution in [2.45, 2.75) is 11.8 Å². The zero-order valence-electron chi connectivity index (χ0n) is 15.1. The summed E-state index contributed by atoms with van der Waals surface area (Å²) in [4.78, 5) is 2.11. The molecule has 2 atom stereocenters. The summed E-state index contributed by atoms with van der Waals surface area (Å²) < 4.78 is 6.02. The van der Waals surface area contributed by atoms with Gasteiger partial charge < -0.3 is 14.7 Å². The van der Waals surface area contributed by atoms with Gasteiger partial charge in [0, 0.05) is 43.2 Å². The maximum absolute atomic E-state index is 9.84. The summed E-state index contributed by atoms with van der Waals surface area (Å²) >= 11 is 0. The molecule has 0 aromatic heterocycles. The highest BCUT2D eigenvalue weighted by molar-refractivity contribution is 5.53. The molecule has 1 N–H and O–H groups in total. The lowest BCUT2D eigenvalue weighted by molar-refractivity contribution is 0.248. The van der Waals surface area contributed by atoms with Gasteiger partial charge in [0.1, 0.15) is 11.5 Å². The number of hydrogen-bond donors (Lipinski definition) is 1. The van der Waals surface area contributed by atoms with Crippen LogP contribution in [-0.2, 0) is 0 Å². The Labute approximate surface area is 154 Å². The highest BCUT2D eigenvalue weighted by Crippen LogP contribution is 2.47. The summed E-state index contributed by atoms with van der Waals surface area (Å²) in [6.45, 7) is 0.598. The van der Waals surface area contributed by atoms with Crippen LogP contribution in [0.4, 0.5) is 5.69 Å². The van der Waals surface area contributed by atoms with Crippen molar-refractivity contribution in [3.05, 3.63) is 89.5 Å². The largest absolute Gasteiger partial charge is 0.508 e. The molecule has 3 aromatic carbocycles. The van der Waals surface area contributed by atoms with Gasteiger partial charge in [-0.3, -0.25) is 0 Å². The van der Waals surface area contributed by atoms with Crippen LogP contribution in [0.1, 0.15) is 28.5 Å². The lowest BCUT2D eigenvalue weighted by Gasteiger charge is -2.34. The predicted octanol–water partition coefficient (Wildman–Crippen LogP) is 4.77. The Kier molecular flexibility index (Phi) is 4.29. The topological polar surface area (TPSA) is 32.7 Å². The standard InChI is InChI=1S/C23H23NO2/c1-24(2)18-10-8-17(9-11-18)23-20-13-12-19(25)14-22(20)26-15-21(23)16-6-4-3-5-7-16/h3-14,21,23,25H,15H2,1-2H3. The van der Waals surface area contributed by atoms with E-state index < -0.39 is 0 Å². The molecule has 1 aliphatic rings. The second kappa shape index (κ2) is 6.75. The lowest BCUT2D eigenvalue weighted by atomic mass is 9.76. The Bertz CT molecular complexity index is 888. The highest BCUT2D eigenvalue weighted by atomic mass is 16.5. The van der Waals surface area contributed by atoms with E-state index in [9.17, 15) is 5.11 Å². The van der Waals surface area contributed by atoms with Crippen molar-refractivity contribution in [1.29, 1.82) is 0 Å². The molecule has 4 rings (SSSR count). The van der Waals surface area contributed by atoms with Gasteiger partial charge in [-0.2, -0.15) is 0 Å². The number of nitrogens with zero attached hydrogens (tertiary/aromatic N) is 1. The van der Waals surface area contributed by atoms with Gasteiger partial charge in [-0.25, -0.2) is 0 Å². The third-order valence-electron chi connectivity index (χ3n) is 5.15. The minimum atomic E-state index is 0.193. The fourth-order valence-corrected chi connectivity index (χ4v) is 3.78. The third-order valence-corrected chi connectivity index (χ3v) is 5.15. The number of anilines is 1.